The van der Waals surface area contributed by atoms with E-state index < -0.39 is 6.10 Å². The molecule has 0 saturated carbocycles. The van der Waals surface area contributed by atoms with Crippen molar-refractivity contribution in [2.24, 2.45) is 5.92 Å². The number of aromatic nitrogens is 2. The summed E-state index contributed by atoms with van der Waals surface area (Å²) in [6.07, 6.45) is 0.348. The van der Waals surface area contributed by atoms with E-state index in [4.69, 9.17) is 39.8 Å². The van der Waals surface area contributed by atoms with Crippen molar-refractivity contribution in [1.29, 1.82) is 0 Å². The van der Waals surface area contributed by atoms with Gasteiger partial charge in [0.15, 0.2) is 0 Å². The van der Waals surface area contributed by atoms with Crippen LogP contribution >= 0.6 is 34.8 Å². The maximum atomic E-state index is 10.7. The molecule has 0 radical (unpaired) electrons. The zero-order valence-electron chi connectivity index (χ0n) is 15.1. The second-order valence-corrected chi connectivity index (χ2v) is 8.44. The summed E-state index contributed by atoms with van der Waals surface area (Å²) in [4.78, 5) is 6.92. The SMILES string of the molecule is CC(C)C(O)c1ccc(Cl)c2nc3n(c12)CCCN3c1ccc(Cl)cc1Cl. The number of imidazole rings is 1. The lowest BCUT2D eigenvalue weighted by Crippen LogP contribution is -2.28. The molecule has 0 saturated heterocycles. The van der Waals surface area contributed by atoms with Gasteiger partial charge in [-0.2, -0.15) is 0 Å². The Kier molecular flexibility index (Phi) is 5.02. The van der Waals surface area contributed by atoms with Crippen LogP contribution in [0.25, 0.3) is 11.0 Å². The molecule has 1 N–H and O–H groups in total. The van der Waals surface area contributed by atoms with E-state index in [2.05, 4.69) is 9.47 Å². The first-order valence-corrected chi connectivity index (χ1v) is 10.1. The van der Waals surface area contributed by atoms with Gasteiger partial charge in [-0.05, 0) is 36.6 Å². The molecule has 4 nitrogen and oxygen atoms in total. The van der Waals surface area contributed by atoms with E-state index in [-0.39, 0.29) is 5.92 Å². The lowest BCUT2D eigenvalue weighted by molar-refractivity contribution is 0.128. The van der Waals surface area contributed by atoms with Crippen LogP contribution in [0.4, 0.5) is 11.6 Å². The monoisotopic (exact) mass is 423 g/mol. The van der Waals surface area contributed by atoms with E-state index in [9.17, 15) is 5.11 Å². The third-order valence-corrected chi connectivity index (χ3v) is 5.85. The maximum Gasteiger partial charge on any atom is 0.211 e. The van der Waals surface area contributed by atoms with Crippen molar-refractivity contribution in [1.82, 2.24) is 9.55 Å². The summed E-state index contributed by atoms with van der Waals surface area (Å²) in [6.45, 7) is 5.60. The first kappa shape index (κ1) is 18.9. The molecule has 4 rings (SSSR count). The molecule has 0 spiro atoms. The van der Waals surface area contributed by atoms with Crippen LogP contribution in [0.1, 0.15) is 31.9 Å². The molecule has 27 heavy (non-hydrogen) atoms. The van der Waals surface area contributed by atoms with Gasteiger partial charge in [0.05, 0.1) is 27.4 Å². The minimum absolute atomic E-state index is 0.0888. The van der Waals surface area contributed by atoms with Crippen molar-refractivity contribution in [3.05, 3.63) is 51.0 Å². The van der Waals surface area contributed by atoms with Crippen molar-refractivity contribution >= 4 is 57.5 Å². The van der Waals surface area contributed by atoms with E-state index in [0.29, 0.717) is 20.6 Å². The number of fused-ring (bicyclic) bond motifs is 3. The summed E-state index contributed by atoms with van der Waals surface area (Å²) in [7, 11) is 0. The fourth-order valence-corrected chi connectivity index (χ4v) is 4.36. The molecule has 1 atom stereocenters. The molecule has 0 amide bonds. The minimum atomic E-state index is -0.583. The maximum absolute atomic E-state index is 10.7. The van der Waals surface area contributed by atoms with E-state index >= 15 is 0 Å². The van der Waals surface area contributed by atoms with E-state index in [0.717, 1.165) is 42.2 Å². The van der Waals surface area contributed by atoms with Gasteiger partial charge in [0.25, 0.3) is 0 Å². The van der Waals surface area contributed by atoms with Crippen LogP contribution in [-0.4, -0.2) is 21.2 Å². The largest absolute Gasteiger partial charge is 0.388 e. The highest BCUT2D eigenvalue weighted by molar-refractivity contribution is 6.36. The lowest BCUT2D eigenvalue weighted by Gasteiger charge is -2.30. The standard InChI is InChI=1S/C20H20Cl3N3O/c1-11(2)19(27)13-5-6-14(22)17-18(13)26-9-3-8-25(20(26)24-17)16-7-4-12(21)10-15(16)23/h4-7,10-11,19,27H,3,8-9H2,1-2H3. The summed E-state index contributed by atoms with van der Waals surface area (Å²) in [5.41, 5.74) is 3.32. The van der Waals surface area contributed by atoms with Gasteiger partial charge in [-0.1, -0.05) is 54.7 Å². The van der Waals surface area contributed by atoms with Crippen LogP contribution in [0.5, 0.6) is 0 Å². The van der Waals surface area contributed by atoms with E-state index in [1.807, 2.05) is 38.1 Å². The molecule has 142 valence electrons. The highest BCUT2D eigenvalue weighted by atomic mass is 35.5. The van der Waals surface area contributed by atoms with Crippen LogP contribution in [0.15, 0.2) is 30.3 Å². The molecule has 0 fully saturated rings. The van der Waals surface area contributed by atoms with Gasteiger partial charge in [0, 0.05) is 23.7 Å². The molecule has 0 bridgehead atoms. The molecule has 2 heterocycles. The first-order valence-electron chi connectivity index (χ1n) is 8.97. The van der Waals surface area contributed by atoms with Gasteiger partial charge in [-0.25, -0.2) is 4.98 Å². The molecule has 2 aromatic carbocycles. The van der Waals surface area contributed by atoms with Crippen molar-refractivity contribution in [2.45, 2.75) is 32.9 Å². The third-order valence-electron chi connectivity index (χ3n) is 5.01. The van der Waals surface area contributed by atoms with Crippen LogP contribution in [-0.2, 0) is 6.54 Å². The summed E-state index contributed by atoms with van der Waals surface area (Å²) in [6, 6.07) is 9.18. The summed E-state index contributed by atoms with van der Waals surface area (Å²) in [5.74, 6) is 0.872. The second-order valence-electron chi connectivity index (χ2n) is 7.19. The lowest BCUT2D eigenvalue weighted by atomic mass is 9.98. The summed E-state index contributed by atoms with van der Waals surface area (Å²) >= 11 is 19.0. The number of nitrogens with zero attached hydrogens (tertiary/aromatic N) is 3. The predicted octanol–water partition coefficient (Wildman–Crippen LogP) is 6.23. The Hall–Kier alpha value is -1.46. The minimum Gasteiger partial charge on any atom is -0.388 e. The molecular weight excluding hydrogens is 405 g/mol. The highest BCUT2D eigenvalue weighted by Crippen LogP contribution is 2.41. The quantitative estimate of drug-likeness (QED) is 0.542. The fraction of sp³-hybridized carbons (Fsp3) is 0.350. The number of halogens is 3. The zero-order valence-corrected chi connectivity index (χ0v) is 17.4. The molecule has 1 aliphatic heterocycles. The topological polar surface area (TPSA) is 41.3 Å². The van der Waals surface area contributed by atoms with Crippen LogP contribution < -0.4 is 4.90 Å². The van der Waals surface area contributed by atoms with Crippen LogP contribution in [0.3, 0.4) is 0 Å². The van der Waals surface area contributed by atoms with Gasteiger partial charge in [-0.15, -0.1) is 0 Å². The average molecular weight is 425 g/mol. The van der Waals surface area contributed by atoms with Gasteiger partial charge in [0.1, 0.15) is 5.52 Å². The highest BCUT2D eigenvalue weighted by Gasteiger charge is 2.28. The van der Waals surface area contributed by atoms with E-state index in [1.54, 1.807) is 6.07 Å². The number of hydrogen-bond acceptors (Lipinski definition) is 3. The number of hydrogen-bond donors (Lipinski definition) is 1. The number of aryl methyl sites for hydroxylation is 1. The number of aliphatic hydroxyl groups is 1. The Balaban J connectivity index is 1.94. The number of rotatable bonds is 3. The predicted molar refractivity (Wildman–Crippen MR) is 113 cm³/mol. The Morgan fingerprint density at radius 2 is 1.81 bits per heavy atom. The smallest absolute Gasteiger partial charge is 0.211 e. The molecule has 3 aromatic rings. The van der Waals surface area contributed by atoms with Gasteiger partial charge < -0.3 is 14.6 Å². The van der Waals surface area contributed by atoms with Gasteiger partial charge in [0.2, 0.25) is 5.95 Å². The Morgan fingerprint density at radius 3 is 2.52 bits per heavy atom. The van der Waals surface area contributed by atoms with Crippen molar-refractivity contribution in [3.8, 4) is 0 Å². The first-order chi connectivity index (χ1) is 12.9. The molecular formula is C20H20Cl3N3O. The number of anilines is 2. The zero-order chi connectivity index (χ0) is 19.3. The fourth-order valence-electron chi connectivity index (χ4n) is 3.65. The van der Waals surface area contributed by atoms with Gasteiger partial charge in [-0.3, -0.25) is 0 Å². The van der Waals surface area contributed by atoms with Gasteiger partial charge >= 0.3 is 0 Å². The molecule has 0 aliphatic carbocycles. The Labute approximate surface area is 173 Å². The van der Waals surface area contributed by atoms with Crippen molar-refractivity contribution < 1.29 is 5.11 Å². The molecule has 1 aliphatic rings. The van der Waals surface area contributed by atoms with Crippen molar-refractivity contribution in [2.75, 3.05) is 11.4 Å². The molecule has 7 heteroatoms. The number of benzene rings is 2. The molecule has 1 aromatic heterocycles. The average Bonchev–Trinajstić information content (AvgIpc) is 3.02. The van der Waals surface area contributed by atoms with Crippen LogP contribution in [0.2, 0.25) is 15.1 Å². The van der Waals surface area contributed by atoms with Crippen molar-refractivity contribution in [3.63, 3.8) is 0 Å². The van der Waals surface area contributed by atoms with Crippen LogP contribution in [0, 0.1) is 5.92 Å². The third kappa shape index (κ3) is 3.19. The Morgan fingerprint density at radius 1 is 1.04 bits per heavy atom. The van der Waals surface area contributed by atoms with E-state index in [1.165, 1.54) is 0 Å². The molecule has 1 unspecified atom stereocenters. The number of aliphatic hydroxyl groups excluding tert-OH is 1. The summed E-state index contributed by atoms with van der Waals surface area (Å²) in [5, 5.41) is 12.5. The normalized spacial score (nSPS) is 15.4. The summed E-state index contributed by atoms with van der Waals surface area (Å²) < 4.78 is 2.14. The Bertz CT molecular complexity index is 1020. The second kappa shape index (κ2) is 7.17.